The highest BCUT2D eigenvalue weighted by atomic mass is 32.1. The van der Waals surface area contributed by atoms with Crippen LogP contribution in [0.4, 0.5) is 11.4 Å². The van der Waals surface area contributed by atoms with Gasteiger partial charge in [0.1, 0.15) is 6.04 Å². The van der Waals surface area contributed by atoms with Gasteiger partial charge in [-0.1, -0.05) is 31.2 Å². The molecule has 0 unspecified atom stereocenters. The maximum atomic E-state index is 11.4. The van der Waals surface area contributed by atoms with E-state index >= 15 is 0 Å². The molecule has 0 radical (unpaired) electrons. The smallest absolute Gasteiger partial charge is 0.271 e. The molecule has 2 atom stereocenters. The second-order valence-electron chi connectivity index (χ2n) is 8.10. The zero-order chi connectivity index (χ0) is 23.7. The molecule has 0 aliphatic carbocycles. The van der Waals surface area contributed by atoms with Gasteiger partial charge >= 0.3 is 0 Å². The Morgan fingerprint density at radius 3 is 2.56 bits per heavy atom. The van der Waals surface area contributed by atoms with E-state index in [4.69, 9.17) is 12.2 Å². The van der Waals surface area contributed by atoms with Crippen molar-refractivity contribution in [1.82, 2.24) is 14.9 Å². The second kappa shape index (κ2) is 9.07. The van der Waals surface area contributed by atoms with Gasteiger partial charge in [-0.25, -0.2) is 0 Å². The molecular weight excluding hydrogens is 446 g/mol. The zero-order valence-corrected chi connectivity index (χ0v) is 19.4. The van der Waals surface area contributed by atoms with Gasteiger partial charge in [0.25, 0.3) is 5.69 Å². The third-order valence-corrected chi connectivity index (χ3v) is 6.44. The maximum absolute atomic E-state index is 11.4. The lowest BCUT2D eigenvalue weighted by molar-refractivity contribution is -0.384. The van der Waals surface area contributed by atoms with Crippen molar-refractivity contribution in [3.05, 3.63) is 118 Å². The molecule has 0 bridgehead atoms. The fourth-order valence-corrected chi connectivity index (χ4v) is 4.80. The molecule has 4 aromatic rings. The SMILES string of the molecule is CCc1ccc(N2C(=S)N[C@H](c3ccccn3)[C@H]2c2cccn2-c2cccc([N+](=O)[O-])c2)cc1. The van der Waals surface area contributed by atoms with Crippen LogP contribution in [0, 0.1) is 10.1 Å². The Hall–Kier alpha value is -4.04. The fraction of sp³-hybridized carbons (Fsp3) is 0.154. The van der Waals surface area contributed by atoms with Crippen molar-refractivity contribution in [2.24, 2.45) is 0 Å². The van der Waals surface area contributed by atoms with E-state index in [9.17, 15) is 10.1 Å². The van der Waals surface area contributed by atoms with Gasteiger partial charge in [0.05, 0.1) is 22.3 Å². The first kappa shape index (κ1) is 21.8. The fourth-order valence-electron chi connectivity index (χ4n) is 4.45. The minimum atomic E-state index is -0.378. The first-order valence-corrected chi connectivity index (χ1v) is 11.5. The molecular formula is C26H23N5O2S. The number of hydrogen-bond donors (Lipinski definition) is 1. The summed E-state index contributed by atoms with van der Waals surface area (Å²) in [4.78, 5) is 17.7. The number of rotatable bonds is 6. The Morgan fingerprint density at radius 1 is 1.03 bits per heavy atom. The van der Waals surface area contributed by atoms with Crippen LogP contribution in [-0.4, -0.2) is 19.6 Å². The van der Waals surface area contributed by atoms with Crippen molar-refractivity contribution in [3.63, 3.8) is 0 Å². The number of anilines is 1. The summed E-state index contributed by atoms with van der Waals surface area (Å²) in [5.41, 5.74) is 4.81. The highest BCUT2D eigenvalue weighted by molar-refractivity contribution is 7.80. The molecule has 7 nitrogen and oxygen atoms in total. The van der Waals surface area contributed by atoms with Crippen molar-refractivity contribution in [3.8, 4) is 5.69 Å². The first-order chi connectivity index (χ1) is 16.6. The van der Waals surface area contributed by atoms with Crippen molar-refractivity contribution < 1.29 is 4.92 Å². The molecule has 1 N–H and O–H groups in total. The van der Waals surface area contributed by atoms with Crippen LogP contribution >= 0.6 is 12.2 Å². The summed E-state index contributed by atoms with van der Waals surface area (Å²) in [5, 5.41) is 15.5. The maximum Gasteiger partial charge on any atom is 0.271 e. The molecule has 2 aromatic heterocycles. The monoisotopic (exact) mass is 469 g/mol. The van der Waals surface area contributed by atoms with Gasteiger partial charge in [-0.3, -0.25) is 15.1 Å². The summed E-state index contributed by atoms with van der Waals surface area (Å²) in [5.74, 6) is 0. The number of thiocarbonyl (C=S) groups is 1. The van der Waals surface area contributed by atoms with Crippen LogP contribution in [0.5, 0.6) is 0 Å². The molecule has 2 aromatic carbocycles. The van der Waals surface area contributed by atoms with Crippen LogP contribution in [-0.2, 0) is 6.42 Å². The number of nitro benzene ring substituents is 1. The van der Waals surface area contributed by atoms with Gasteiger partial charge in [-0.2, -0.15) is 0 Å². The minimum Gasteiger partial charge on any atom is -0.351 e. The number of aromatic nitrogens is 2. The largest absolute Gasteiger partial charge is 0.351 e. The van der Waals surface area contributed by atoms with Gasteiger partial charge < -0.3 is 14.8 Å². The van der Waals surface area contributed by atoms with Gasteiger partial charge in [0.15, 0.2) is 5.11 Å². The number of nitro groups is 1. The van der Waals surface area contributed by atoms with E-state index in [1.54, 1.807) is 18.3 Å². The topological polar surface area (TPSA) is 76.2 Å². The van der Waals surface area contributed by atoms with E-state index in [-0.39, 0.29) is 22.7 Å². The number of nitrogens with one attached hydrogen (secondary N) is 1. The molecule has 0 spiro atoms. The summed E-state index contributed by atoms with van der Waals surface area (Å²) in [6, 6.07) is 24.4. The molecule has 8 heteroatoms. The average molecular weight is 470 g/mol. The third kappa shape index (κ3) is 3.92. The highest BCUT2D eigenvalue weighted by Gasteiger charge is 2.42. The molecule has 1 fully saturated rings. The standard InChI is InChI=1S/C26H23N5O2S/c1-2-18-11-13-19(14-12-18)30-25(24(28-26(30)34)22-9-3-4-15-27-22)23-10-6-16-29(23)20-7-5-8-21(17-20)31(32)33/h3-17,24-25H,2H2,1H3,(H,28,34)/t24-,25-/m1/s1. The lowest BCUT2D eigenvalue weighted by atomic mass is 10.0. The Balaban J connectivity index is 1.65. The Bertz CT molecular complexity index is 1340. The minimum absolute atomic E-state index is 0.0468. The van der Waals surface area contributed by atoms with Crippen molar-refractivity contribution in [2.45, 2.75) is 25.4 Å². The van der Waals surface area contributed by atoms with Gasteiger partial charge in [-0.15, -0.1) is 0 Å². The Kier molecular flexibility index (Phi) is 5.81. The zero-order valence-electron chi connectivity index (χ0n) is 18.5. The quantitative estimate of drug-likeness (QED) is 0.228. The third-order valence-electron chi connectivity index (χ3n) is 6.12. The molecule has 34 heavy (non-hydrogen) atoms. The molecule has 0 amide bonds. The van der Waals surface area contributed by atoms with Gasteiger partial charge in [-0.05, 0) is 66.7 Å². The average Bonchev–Trinajstić information content (AvgIpc) is 3.49. The summed E-state index contributed by atoms with van der Waals surface area (Å²) in [6.07, 6.45) is 4.65. The van der Waals surface area contributed by atoms with Crippen molar-refractivity contribution >= 4 is 28.7 Å². The summed E-state index contributed by atoms with van der Waals surface area (Å²) in [6.45, 7) is 2.13. The Morgan fingerprint density at radius 2 is 1.85 bits per heavy atom. The van der Waals surface area contributed by atoms with Crippen molar-refractivity contribution in [2.75, 3.05) is 4.90 Å². The molecule has 3 heterocycles. The molecule has 1 aliphatic heterocycles. The Labute approximate surface area is 202 Å². The lowest BCUT2D eigenvalue weighted by Gasteiger charge is -2.29. The number of benzene rings is 2. The predicted octanol–water partition coefficient (Wildman–Crippen LogP) is 5.52. The number of nitrogens with zero attached hydrogens (tertiary/aromatic N) is 4. The van der Waals surface area contributed by atoms with Crippen LogP contribution < -0.4 is 10.2 Å². The van der Waals surface area contributed by atoms with Crippen LogP contribution in [0.1, 0.15) is 36.0 Å². The van der Waals surface area contributed by atoms with E-state index in [1.807, 2.05) is 47.2 Å². The molecule has 5 rings (SSSR count). The summed E-state index contributed by atoms with van der Waals surface area (Å²) in [7, 11) is 0. The van der Waals surface area contributed by atoms with Crippen LogP contribution in [0.3, 0.4) is 0 Å². The first-order valence-electron chi connectivity index (χ1n) is 11.1. The number of pyridine rings is 1. The van der Waals surface area contributed by atoms with E-state index in [0.29, 0.717) is 10.8 Å². The van der Waals surface area contributed by atoms with E-state index in [1.165, 1.54) is 11.6 Å². The predicted molar refractivity (Wildman–Crippen MR) is 136 cm³/mol. The second-order valence-corrected chi connectivity index (χ2v) is 8.48. The molecule has 1 aliphatic rings. The van der Waals surface area contributed by atoms with E-state index in [0.717, 1.165) is 23.5 Å². The molecule has 0 saturated carbocycles. The number of aryl methyl sites for hydroxylation is 1. The number of non-ortho nitro benzene ring substituents is 1. The summed E-state index contributed by atoms with van der Waals surface area (Å²) >= 11 is 5.82. The highest BCUT2D eigenvalue weighted by Crippen LogP contribution is 2.42. The number of hydrogen-bond acceptors (Lipinski definition) is 4. The summed E-state index contributed by atoms with van der Waals surface area (Å²) < 4.78 is 1.98. The van der Waals surface area contributed by atoms with Crippen LogP contribution in [0.25, 0.3) is 5.69 Å². The normalized spacial score (nSPS) is 17.6. The van der Waals surface area contributed by atoms with Crippen molar-refractivity contribution in [1.29, 1.82) is 0 Å². The van der Waals surface area contributed by atoms with Crippen LogP contribution in [0.2, 0.25) is 0 Å². The molecule has 1 saturated heterocycles. The van der Waals surface area contributed by atoms with Gasteiger partial charge in [0, 0.05) is 35.9 Å². The van der Waals surface area contributed by atoms with E-state index < -0.39 is 0 Å². The van der Waals surface area contributed by atoms with Gasteiger partial charge in [0.2, 0.25) is 0 Å². The van der Waals surface area contributed by atoms with Crippen LogP contribution in [0.15, 0.2) is 91.3 Å². The molecule has 170 valence electrons. The lowest BCUT2D eigenvalue weighted by Crippen LogP contribution is -2.30. The van der Waals surface area contributed by atoms with E-state index in [2.05, 4.69) is 46.4 Å².